The van der Waals surface area contributed by atoms with E-state index in [1.54, 1.807) is 0 Å². The summed E-state index contributed by atoms with van der Waals surface area (Å²) in [4.78, 5) is 11.6. The van der Waals surface area contributed by atoms with Gasteiger partial charge in [-0.05, 0) is 38.1 Å². The van der Waals surface area contributed by atoms with Crippen LogP contribution in [-0.2, 0) is 6.42 Å². The standard InChI is InChI=1S/C18H16O3/c1-18(2)10-9-14-16-13(7-8-15(19)20-16)11-5-3-4-6-12(11)17(14)21-18/h3-8H,9-10H2,1-2H3. The molecule has 0 amide bonds. The molecule has 0 N–H and O–H groups in total. The average molecular weight is 280 g/mol. The molecule has 1 aromatic heterocycles. The first-order valence-electron chi connectivity index (χ1n) is 7.22. The van der Waals surface area contributed by atoms with Gasteiger partial charge < -0.3 is 9.15 Å². The molecule has 1 aliphatic heterocycles. The maximum Gasteiger partial charge on any atom is 0.336 e. The molecule has 4 rings (SSSR count). The Kier molecular flexibility index (Phi) is 2.43. The highest BCUT2D eigenvalue weighted by atomic mass is 16.5. The second-order valence-corrected chi connectivity index (χ2v) is 6.21. The number of fused-ring (bicyclic) bond motifs is 6. The summed E-state index contributed by atoms with van der Waals surface area (Å²) in [6.45, 7) is 4.19. The second kappa shape index (κ2) is 4.10. The summed E-state index contributed by atoms with van der Waals surface area (Å²) in [6.07, 6.45) is 1.77. The van der Waals surface area contributed by atoms with E-state index in [1.165, 1.54) is 6.07 Å². The normalized spacial score (nSPS) is 16.7. The highest BCUT2D eigenvalue weighted by molar-refractivity contribution is 6.10. The largest absolute Gasteiger partial charge is 0.487 e. The topological polar surface area (TPSA) is 39.4 Å². The third kappa shape index (κ3) is 1.84. The number of aryl methyl sites for hydroxylation is 1. The first-order chi connectivity index (χ1) is 10.1. The lowest BCUT2D eigenvalue weighted by molar-refractivity contribution is 0.0870. The van der Waals surface area contributed by atoms with Gasteiger partial charge in [0.2, 0.25) is 0 Å². The summed E-state index contributed by atoms with van der Waals surface area (Å²) < 4.78 is 11.7. The molecule has 0 spiro atoms. The van der Waals surface area contributed by atoms with E-state index >= 15 is 0 Å². The Bertz CT molecular complexity index is 919. The molecule has 2 heterocycles. The Morgan fingerprint density at radius 1 is 1.00 bits per heavy atom. The minimum Gasteiger partial charge on any atom is -0.487 e. The zero-order valence-corrected chi connectivity index (χ0v) is 12.1. The zero-order chi connectivity index (χ0) is 14.6. The fourth-order valence-corrected chi connectivity index (χ4v) is 3.13. The molecule has 0 saturated carbocycles. The van der Waals surface area contributed by atoms with Crippen LogP contribution in [0.25, 0.3) is 21.7 Å². The van der Waals surface area contributed by atoms with E-state index in [9.17, 15) is 4.79 Å². The van der Waals surface area contributed by atoms with Gasteiger partial charge in [-0.2, -0.15) is 0 Å². The van der Waals surface area contributed by atoms with Crippen LogP contribution in [0.4, 0.5) is 0 Å². The Balaban J connectivity index is 2.21. The van der Waals surface area contributed by atoms with Crippen molar-refractivity contribution >= 4 is 21.7 Å². The molecule has 0 bridgehead atoms. The number of hydrogen-bond acceptors (Lipinski definition) is 3. The molecule has 0 aliphatic carbocycles. The van der Waals surface area contributed by atoms with E-state index in [1.807, 2.05) is 24.3 Å². The summed E-state index contributed by atoms with van der Waals surface area (Å²) in [6, 6.07) is 11.5. The molecule has 0 radical (unpaired) electrons. The lowest BCUT2D eigenvalue weighted by Crippen LogP contribution is -2.32. The summed E-state index contributed by atoms with van der Waals surface area (Å²) in [7, 11) is 0. The van der Waals surface area contributed by atoms with Crippen molar-refractivity contribution in [3.8, 4) is 5.75 Å². The summed E-state index contributed by atoms with van der Waals surface area (Å²) in [5.74, 6) is 0.865. The van der Waals surface area contributed by atoms with E-state index in [0.717, 1.165) is 40.3 Å². The van der Waals surface area contributed by atoms with Crippen molar-refractivity contribution in [1.82, 2.24) is 0 Å². The molecule has 3 nitrogen and oxygen atoms in total. The van der Waals surface area contributed by atoms with Crippen molar-refractivity contribution in [2.45, 2.75) is 32.3 Å². The lowest BCUT2D eigenvalue weighted by atomic mass is 9.90. The van der Waals surface area contributed by atoms with E-state index in [4.69, 9.17) is 9.15 Å². The quantitative estimate of drug-likeness (QED) is 0.460. The second-order valence-electron chi connectivity index (χ2n) is 6.21. The molecule has 0 saturated heterocycles. The minimum atomic E-state index is -0.315. The van der Waals surface area contributed by atoms with Crippen molar-refractivity contribution in [1.29, 1.82) is 0 Å². The van der Waals surface area contributed by atoms with E-state index in [-0.39, 0.29) is 11.2 Å². The first-order valence-corrected chi connectivity index (χ1v) is 7.22. The number of benzene rings is 2. The Hall–Kier alpha value is -2.29. The van der Waals surface area contributed by atoms with E-state index < -0.39 is 0 Å². The van der Waals surface area contributed by atoms with Crippen LogP contribution in [0.1, 0.15) is 25.8 Å². The van der Waals surface area contributed by atoms with Crippen molar-refractivity contribution in [3.63, 3.8) is 0 Å². The number of rotatable bonds is 0. The van der Waals surface area contributed by atoms with Gasteiger partial charge in [0.25, 0.3) is 0 Å². The van der Waals surface area contributed by atoms with Crippen molar-refractivity contribution in [2.24, 2.45) is 0 Å². The van der Waals surface area contributed by atoms with Gasteiger partial charge in [-0.15, -0.1) is 0 Å². The SMILES string of the molecule is CC1(C)CCc2c(c3ccccc3c3ccc(=O)oc23)O1. The van der Waals surface area contributed by atoms with Gasteiger partial charge in [0, 0.05) is 22.4 Å². The van der Waals surface area contributed by atoms with Gasteiger partial charge in [0.1, 0.15) is 16.9 Å². The summed E-state index contributed by atoms with van der Waals surface area (Å²) >= 11 is 0. The predicted octanol–water partition coefficient (Wildman–Crippen LogP) is 4.05. The summed E-state index contributed by atoms with van der Waals surface area (Å²) in [5.41, 5.74) is 1.18. The van der Waals surface area contributed by atoms with Crippen LogP contribution in [-0.4, -0.2) is 5.60 Å². The van der Waals surface area contributed by atoms with Gasteiger partial charge >= 0.3 is 5.63 Å². The molecule has 0 atom stereocenters. The van der Waals surface area contributed by atoms with Gasteiger partial charge in [0.05, 0.1) is 0 Å². The average Bonchev–Trinajstić information content (AvgIpc) is 2.46. The fourth-order valence-electron chi connectivity index (χ4n) is 3.13. The van der Waals surface area contributed by atoms with Gasteiger partial charge in [0.15, 0.2) is 0 Å². The molecule has 21 heavy (non-hydrogen) atoms. The Morgan fingerprint density at radius 2 is 1.76 bits per heavy atom. The van der Waals surface area contributed by atoms with Crippen LogP contribution in [0.2, 0.25) is 0 Å². The van der Waals surface area contributed by atoms with Crippen LogP contribution >= 0.6 is 0 Å². The molecule has 1 aliphatic rings. The van der Waals surface area contributed by atoms with Crippen LogP contribution < -0.4 is 10.4 Å². The van der Waals surface area contributed by atoms with Gasteiger partial charge in [-0.25, -0.2) is 4.79 Å². The van der Waals surface area contributed by atoms with Crippen molar-refractivity contribution in [2.75, 3.05) is 0 Å². The Morgan fingerprint density at radius 3 is 2.57 bits per heavy atom. The van der Waals surface area contributed by atoms with Crippen LogP contribution in [0, 0.1) is 0 Å². The maximum atomic E-state index is 11.6. The predicted molar refractivity (Wildman–Crippen MR) is 83.0 cm³/mol. The van der Waals surface area contributed by atoms with Crippen LogP contribution in [0.5, 0.6) is 5.75 Å². The molecule has 0 unspecified atom stereocenters. The third-order valence-electron chi connectivity index (χ3n) is 4.20. The molecule has 2 aromatic carbocycles. The monoisotopic (exact) mass is 280 g/mol. The highest BCUT2D eigenvalue weighted by Gasteiger charge is 2.30. The van der Waals surface area contributed by atoms with Gasteiger partial charge in [-0.3, -0.25) is 0 Å². The maximum absolute atomic E-state index is 11.6. The van der Waals surface area contributed by atoms with Gasteiger partial charge in [-0.1, -0.05) is 24.3 Å². The minimum absolute atomic E-state index is 0.196. The Labute approximate surface area is 122 Å². The smallest absolute Gasteiger partial charge is 0.336 e. The third-order valence-corrected chi connectivity index (χ3v) is 4.20. The lowest BCUT2D eigenvalue weighted by Gasteiger charge is -2.33. The molecule has 3 aromatic rings. The molecular formula is C18H16O3. The van der Waals surface area contributed by atoms with E-state index in [2.05, 4.69) is 19.9 Å². The summed E-state index contributed by atoms with van der Waals surface area (Å²) in [5, 5.41) is 3.13. The highest BCUT2D eigenvalue weighted by Crippen LogP contribution is 2.43. The first kappa shape index (κ1) is 12.5. The van der Waals surface area contributed by atoms with Crippen LogP contribution in [0.3, 0.4) is 0 Å². The number of hydrogen-bond donors (Lipinski definition) is 0. The molecule has 0 fully saturated rings. The molecular weight excluding hydrogens is 264 g/mol. The van der Waals surface area contributed by atoms with Crippen molar-refractivity contribution < 1.29 is 9.15 Å². The number of ether oxygens (including phenoxy) is 1. The molecule has 3 heteroatoms. The van der Waals surface area contributed by atoms with E-state index in [0.29, 0.717) is 5.58 Å². The zero-order valence-electron chi connectivity index (χ0n) is 12.1. The fraction of sp³-hybridized carbons (Fsp3) is 0.278. The molecule has 106 valence electrons. The van der Waals surface area contributed by atoms with Crippen molar-refractivity contribution in [3.05, 3.63) is 52.4 Å². The van der Waals surface area contributed by atoms with Crippen LogP contribution in [0.15, 0.2) is 45.6 Å².